The summed E-state index contributed by atoms with van der Waals surface area (Å²) in [4.78, 5) is 0. The Morgan fingerprint density at radius 2 is 2.40 bits per heavy atom. The van der Waals surface area contributed by atoms with Crippen molar-refractivity contribution in [2.24, 2.45) is 0 Å². The van der Waals surface area contributed by atoms with Gasteiger partial charge in [0, 0.05) is 19.7 Å². The maximum Gasteiger partial charge on any atom is 0.315 e. The first-order valence-electron chi connectivity index (χ1n) is 4.37. The van der Waals surface area contributed by atoms with Gasteiger partial charge in [-0.3, -0.25) is 0 Å². The predicted octanol–water partition coefficient (Wildman–Crippen LogP) is 0.783. The molecule has 2 heterocycles. The minimum atomic E-state index is 0.323. The summed E-state index contributed by atoms with van der Waals surface area (Å²) < 4.78 is 14.8. The number of nitrogens with zero attached hydrogens (tertiary/aromatic N) is 3. The number of rotatable bonds is 5. The minimum Gasteiger partial charge on any atom is -0.402 e. The Kier molecular flexibility index (Phi) is 2.93. The van der Waals surface area contributed by atoms with Crippen molar-refractivity contribution >= 4 is 6.01 Å². The van der Waals surface area contributed by atoms with Gasteiger partial charge in [-0.15, -0.1) is 5.10 Å². The van der Waals surface area contributed by atoms with Crippen LogP contribution in [0.25, 0.3) is 11.6 Å². The molecule has 0 fully saturated rings. The van der Waals surface area contributed by atoms with Gasteiger partial charge in [-0.25, -0.2) is 0 Å². The van der Waals surface area contributed by atoms with E-state index in [1.807, 2.05) is 0 Å². The standard InChI is InChI=1S/C8H10N4O3/c1-13-5-3-9-8-11-10-7(15-8)6-2-4-14-12-6/h2,4H,3,5H2,1H3,(H,9,11). The first-order chi connectivity index (χ1) is 7.40. The second kappa shape index (κ2) is 4.56. The number of hydrogen-bond acceptors (Lipinski definition) is 7. The van der Waals surface area contributed by atoms with Gasteiger partial charge < -0.3 is 19.0 Å². The number of anilines is 1. The average molecular weight is 210 g/mol. The summed E-state index contributed by atoms with van der Waals surface area (Å²) >= 11 is 0. The first kappa shape index (κ1) is 9.66. The van der Waals surface area contributed by atoms with E-state index in [9.17, 15) is 0 Å². The van der Waals surface area contributed by atoms with E-state index < -0.39 is 0 Å². The molecule has 1 N–H and O–H groups in total. The van der Waals surface area contributed by atoms with Crippen LogP contribution in [0.4, 0.5) is 6.01 Å². The van der Waals surface area contributed by atoms with Crippen molar-refractivity contribution in [1.82, 2.24) is 15.4 Å². The first-order valence-corrected chi connectivity index (χ1v) is 4.37. The normalized spacial score (nSPS) is 10.5. The molecule has 7 heteroatoms. The van der Waals surface area contributed by atoms with Crippen LogP contribution in [0.3, 0.4) is 0 Å². The zero-order valence-electron chi connectivity index (χ0n) is 8.14. The Labute approximate surface area is 85.4 Å². The van der Waals surface area contributed by atoms with Crippen LogP contribution in [0.15, 0.2) is 21.3 Å². The van der Waals surface area contributed by atoms with Crippen molar-refractivity contribution in [1.29, 1.82) is 0 Å². The van der Waals surface area contributed by atoms with E-state index in [0.29, 0.717) is 30.8 Å². The quantitative estimate of drug-likeness (QED) is 0.729. The van der Waals surface area contributed by atoms with Crippen molar-refractivity contribution in [2.75, 3.05) is 25.6 Å². The smallest absolute Gasteiger partial charge is 0.315 e. The fourth-order valence-corrected chi connectivity index (χ4v) is 0.981. The summed E-state index contributed by atoms with van der Waals surface area (Å²) in [5.74, 6) is 0.323. The summed E-state index contributed by atoms with van der Waals surface area (Å²) in [5.41, 5.74) is 0.516. The van der Waals surface area contributed by atoms with Crippen molar-refractivity contribution in [3.8, 4) is 11.6 Å². The van der Waals surface area contributed by atoms with E-state index in [1.54, 1.807) is 13.2 Å². The van der Waals surface area contributed by atoms with Gasteiger partial charge in [0.2, 0.25) is 0 Å². The number of nitrogens with one attached hydrogen (secondary N) is 1. The summed E-state index contributed by atoms with van der Waals surface area (Å²) in [6.07, 6.45) is 1.44. The molecule has 0 saturated carbocycles. The highest BCUT2D eigenvalue weighted by atomic mass is 16.5. The molecule has 2 aromatic heterocycles. The van der Waals surface area contributed by atoms with Gasteiger partial charge >= 0.3 is 6.01 Å². The van der Waals surface area contributed by atoms with Crippen LogP contribution in [-0.2, 0) is 4.74 Å². The van der Waals surface area contributed by atoms with Crippen molar-refractivity contribution in [3.05, 3.63) is 12.3 Å². The minimum absolute atomic E-state index is 0.323. The number of aromatic nitrogens is 3. The molecule has 0 atom stereocenters. The largest absolute Gasteiger partial charge is 0.402 e. The molecule has 15 heavy (non-hydrogen) atoms. The van der Waals surface area contributed by atoms with Crippen molar-refractivity contribution in [2.45, 2.75) is 0 Å². The van der Waals surface area contributed by atoms with Crippen LogP contribution >= 0.6 is 0 Å². The fraction of sp³-hybridized carbons (Fsp3) is 0.375. The van der Waals surface area contributed by atoms with E-state index in [0.717, 1.165) is 0 Å². The third-order valence-corrected chi connectivity index (χ3v) is 1.66. The monoisotopic (exact) mass is 210 g/mol. The number of ether oxygens (including phenoxy) is 1. The van der Waals surface area contributed by atoms with E-state index in [1.165, 1.54) is 6.26 Å². The Morgan fingerprint density at radius 1 is 1.47 bits per heavy atom. The topological polar surface area (TPSA) is 86.2 Å². The Morgan fingerprint density at radius 3 is 3.13 bits per heavy atom. The lowest BCUT2D eigenvalue weighted by atomic mass is 10.4. The third-order valence-electron chi connectivity index (χ3n) is 1.66. The lowest BCUT2D eigenvalue weighted by Crippen LogP contribution is -2.07. The molecule has 0 saturated heterocycles. The van der Waals surface area contributed by atoms with Crippen molar-refractivity contribution in [3.63, 3.8) is 0 Å². The van der Waals surface area contributed by atoms with Crippen LogP contribution in [0.1, 0.15) is 0 Å². The number of hydrogen-bond donors (Lipinski definition) is 1. The van der Waals surface area contributed by atoms with Gasteiger partial charge in [-0.2, -0.15) is 0 Å². The van der Waals surface area contributed by atoms with Crippen LogP contribution in [0.5, 0.6) is 0 Å². The Hall–Kier alpha value is -1.89. The molecular formula is C8H10N4O3. The predicted molar refractivity (Wildman–Crippen MR) is 50.2 cm³/mol. The molecule has 0 aromatic carbocycles. The second-order valence-electron chi connectivity index (χ2n) is 2.72. The van der Waals surface area contributed by atoms with E-state index >= 15 is 0 Å². The van der Waals surface area contributed by atoms with E-state index in [-0.39, 0.29) is 0 Å². The maximum atomic E-state index is 5.26. The van der Waals surface area contributed by atoms with Crippen molar-refractivity contribution < 1.29 is 13.7 Å². The molecule has 2 aromatic rings. The van der Waals surface area contributed by atoms with E-state index in [4.69, 9.17) is 9.15 Å². The van der Waals surface area contributed by atoms with Gasteiger partial charge in [0.05, 0.1) is 6.61 Å². The second-order valence-corrected chi connectivity index (χ2v) is 2.72. The lowest BCUT2D eigenvalue weighted by Gasteiger charge is -1.97. The van der Waals surface area contributed by atoms with Gasteiger partial charge in [-0.1, -0.05) is 10.3 Å². The van der Waals surface area contributed by atoms with Crippen LogP contribution in [0.2, 0.25) is 0 Å². The summed E-state index contributed by atoms with van der Waals surface area (Å²) in [6, 6.07) is 1.98. The maximum absolute atomic E-state index is 5.26. The molecule has 0 amide bonds. The SMILES string of the molecule is COCCNc1nnc(-c2ccon2)o1. The molecule has 0 bridgehead atoms. The fourth-order valence-electron chi connectivity index (χ4n) is 0.981. The summed E-state index contributed by atoms with van der Waals surface area (Å²) in [7, 11) is 1.62. The Bertz CT molecular complexity index is 398. The van der Waals surface area contributed by atoms with Gasteiger partial charge in [-0.05, 0) is 0 Å². The van der Waals surface area contributed by atoms with Gasteiger partial charge in [0.25, 0.3) is 5.89 Å². The van der Waals surface area contributed by atoms with Crippen LogP contribution in [-0.4, -0.2) is 35.6 Å². The molecule has 0 spiro atoms. The van der Waals surface area contributed by atoms with Crippen LogP contribution in [0, 0.1) is 0 Å². The highest BCUT2D eigenvalue weighted by molar-refractivity contribution is 5.45. The Balaban J connectivity index is 1.98. The molecule has 7 nitrogen and oxygen atoms in total. The summed E-state index contributed by atoms with van der Waals surface area (Å²) in [6.45, 7) is 1.18. The highest BCUT2D eigenvalue weighted by Crippen LogP contribution is 2.16. The lowest BCUT2D eigenvalue weighted by molar-refractivity contribution is 0.210. The molecule has 0 aliphatic heterocycles. The van der Waals surface area contributed by atoms with Gasteiger partial charge in [0.1, 0.15) is 6.26 Å². The zero-order valence-corrected chi connectivity index (χ0v) is 8.14. The molecule has 80 valence electrons. The molecule has 0 aliphatic carbocycles. The molecule has 0 radical (unpaired) electrons. The molecule has 0 unspecified atom stereocenters. The van der Waals surface area contributed by atoms with E-state index in [2.05, 4.69) is 25.2 Å². The third kappa shape index (κ3) is 2.32. The molecule has 2 rings (SSSR count). The highest BCUT2D eigenvalue weighted by Gasteiger charge is 2.10. The number of methoxy groups -OCH3 is 1. The average Bonchev–Trinajstić information content (AvgIpc) is 2.87. The summed E-state index contributed by atoms with van der Waals surface area (Å²) in [5, 5.41) is 14.2. The van der Waals surface area contributed by atoms with Crippen LogP contribution < -0.4 is 5.32 Å². The van der Waals surface area contributed by atoms with Gasteiger partial charge in [0.15, 0.2) is 5.69 Å². The molecular weight excluding hydrogens is 200 g/mol. The molecule has 0 aliphatic rings. The zero-order chi connectivity index (χ0) is 10.5.